The summed E-state index contributed by atoms with van der Waals surface area (Å²) in [7, 11) is 0. The molecule has 0 heterocycles. The summed E-state index contributed by atoms with van der Waals surface area (Å²) in [4.78, 5) is 38.1. The molecule has 0 fully saturated rings. The van der Waals surface area contributed by atoms with Crippen LogP contribution in [0.4, 0.5) is 0 Å². The monoisotopic (exact) mass is 812 g/mol. The first-order valence-electron chi connectivity index (χ1n) is 18.2. The minimum absolute atomic E-state index is 0. The van der Waals surface area contributed by atoms with Gasteiger partial charge in [-0.2, -0.15) is 0 Å². The van der Waals surface area contributed by atoms with Gasteiger partial charge in [0.15, 0.2) is 17.3 Å². The molecule has 0 atom stereocenters. The maximum Gasteiger partial charge on any atom is 0.202 e. The number of likely N-dealkylation sites (N-methyl/N-ethyl adjacent to an activating group) is 4. The Morgan fingerprint density at radius 3 is 1.08 bits per heavy atom. The van der Waals surface area contributed by atoms with E-state index in [2.05, 4.69) is 75.0 Å². The Kier molecular flexibility index (Phi) is 27.6. The molecule has 0 saturated carbocycles. The van der Waals surface area contributed by atoms with E-state index < -0.39 is 0 Å². The summed E-state index contributed by atoms with van der Waals surface area (Å²) in [6, 6.07) is 6.97. The van der Waals surface area contributed by atoms with E-state index in [0.29, 0.717) is 69.1 Å². The fourth-order valence-corrected chi connectivity index (χ4v) is 6.04. The molecule has 300 valence electrons. The number of hydrogen-bond donors (Lipinski definition) is 0. The van der Waals surface area contributed by atoms with Crippen molar-refractivity contribution in [2.24, 2.45) is 0 Å². The van der Waals surface area contributed by atoms with E-state index in [1.54, 1.807) is 24.3 Å². The van der Waals surface area contributed by atoms with Gasteiger partial charge in [-0.15, -0.1) is 49.6 Å². The lowest BCUT2D eigenvalue weighted by atomic mass is 9.82. The third-order valence-corrected chi connectivity index (χ3v) is 9.40. The highest BCUT2D eigenvalue weighted by molar-refractivity contribution is 6.31. The molecule has 2 aromatic rings. The summed E-state index contributed by atoms with van der Waals surface area (Å²) in [6.07, 6.45) is 0. The van der Waals surface area contributed by atoms with Gasteiger partial charge in [-0.05, 0) is 76.6 Å². The average molecular weight is 815 g/mol. The largest absolute Gasteiger partial charge is 0.491 e. The molecule has 0 saturated heterocycles. The SMILES string of the molecule is CCN(CC)CCOc1ccc2c(c1OCCN(CC)CC)C(=O)c1c(OCCN(CC)CC)ccc(OCCN(CC)CC)c1C2=O.Cl.Cl.Cl.Cl. The van der Waals surface area contributed by atoms with Crippen LogP contribution in [0.25, 0.3) is 0 Å². The lowest BCUT2D eigenvalue weighted by Gasteiger charge is -2.27. The normalized spacial score (nSPS) is 11.7. The van der Waals surface area contributed by atoms with Crippen molar-refractivity contribution in [1.29, 1.82) is 0 Å². The fourth-order valence-electron chi connectivity index (χ4n) is 6.04. The molecule has 0 aliphatic heterocycles. The van der Waals surface area contributed by atoms with Crippen LogP contribution >= 0.6 is 49.6 Å². The number of halogens is 4. The molecule has 0 bridgehead atoms. The van der Waals surface area contributed by atoms with Crippen LogP contribution in [0.3, 0.4) is 0 Å². The van der Waals surface area contributed by atoms with E-state index >= 15 is 0 Å². The van der Waals surface area contributed by atoms with Gasteiger partial charge in [0.25, 0.3) is 0 Å². The van der Waals surface area contributed by atoms with E-state index in [1.807, 2.05) is 0 Å². The molecular formula is C38H64Cl4N4O6. The number of nitrogens with zero attached hydrogens (tertiary/aromatic N) is 4. The number of carbonyl (C=O) groups is 2. The Balaban J connectivity index is 0. The van der Waals surface area contributed by atoms with Gasteiger partial charge < -0.3 is 38.5 Å². The third kappa shape index (κ3) is 13.7. The average Bonchev–Trinajstić information content (AvgIpc) is 3.11. The van der Waals surface area contributed by atoms with Crippen LogP contribution in [0.15, 0.2) is 24.3 Å². The van der Waals surface area contributed by atoms with Gasteiger partial charge in [0.05, 0.1) is 16.7 Å². The fraction of sp³-hybridized carbons (Fsp3) is 0.632. The van der Waals surface area contributed by atoms with E-state index in [0.717, 1.165) is 58.9 Å². The second-order valence-corrected chi connectivity index (χ2v) is 11.8. The van der Waals surface area contributed by atoms with Crippen molar-refractivity contribution in [3.63, 3.8) is 0 Å². The van der Waals surface area contributed by atoms with Crippen molar-refractivity contribution in [3.8, 4) is 23.0 Å². The molecule has 0 aromatic heterocycles. The molecule has 0 N–H and O–H groups in total. The zero-order valence-corrected chi connectivity index (χ0v) is 35.8. The van der Waals surface area contributed by atoms with Gasteiger partial charge in [-0.25, -0.2) is 0 Å². The standard InChI is InChI=1S/C38H60N4O6.4ClH/c1-9-39(10-2)21-25-45-30-19-20-31(46-26-22-40(11-3)12-4)35-34(30)36(43)29-17-18-32(47-27-23-41(13-5)14-6)38(33(29)37(35)44)48-28-24-42(15-7)16-8;;;;/h17-20H,9-16,21-28H2,1-8H3;4*1H. The number of rotatable bonds is 24. The highest BCUT2D eigenvalue weighted by Crippen LogP contribution is 2.44. The smallest absolute Gasteiger partial charge is 0.202 e. The molecule has 0 spiro atoms. The molecule has 2 aromatic carbocycles. The van der Waals surface area contributed by atoms with E-state index in [1.165, 1.54) is 0 Å². The summed E-state index contributed by atoms with van der Waals surface area (Å²) in [6.45, 7) is 28.5. The lowest BCUT2D eigenvalue weighted by molar-refractivity contribution is 0.0965. The van der Waals surface area contributed by atoms with Gasteiger partial charge in [-0.1, -0.05) is 55.4 Å². The number of fused-ring (bicyclic) bond motifs is 2. The summed E-state index contributed by atoms with van der Waals surface area (Å²) in [5, 5.41) is 0. The first-order valence-corrected chi connectivity index (χ1v) is 18.2. The van der Waals surface area contributed by atoms with Gasteiger partial charge in [0.1, 0.15) is 37.9 Å². The molecule has 0 amide bonds. The highest BCUT2D eigenvalue weighted by atomic mass is 35.5. The van der Waals surface area contributed by atoms with Crippen molar-refractivity contribution in [2.75, 3.05) is 105 Å². The molecule has 3 rings (SSSR count). The molecule has 0 radical (unpaired) electrons. The van der Waals surface area contributed by atoms with Crippen molar-refractivity contribution in [3.05, 3.63) is 46.5 Å². The summed E-state index contributed by atoms with van der Waals surface area (Å²) < 4.78 is 25.2. The van der Waals surface area contributed by atoms with Gasteiger partial charge >= 0.3 is 0 Å². The van der Waals surface area contributed by atoms with E-state index in [9.17, 15) is 9.59 Å². The van der Waals surface area contributed by atoms with Crippen molar-refractivity contribution in [1.82, 2.24) is 19.6 Å². The van der Waals surface area contributed by atoms with Crippen LogP contribution in [0.5, 0.6) is 23.0 Å². The van der Waals surface area contributed by atoms with E-state index in [4.69, 9.17) is 18.9 Å². The van der Waals surface area contributed by atoms with Crippen LogP contribution in [0, 0.1) is 0 Å². The molecule has 1 aliphatic rings. The number of ether oxygens (including phenoxy) is 4. The Morgan fingerprint density at radius 2 is 0.712 bits per heavy atom. The lowest BCUT2D eigenvalue weighted by Crippen LogP contribution is -2.30. The van der Waals surface area contributed by atoms with Crippen molar-refractivity contribution >= 4 is 61.2 Å². The van der Waals surface area contributed by atoms with Crippen LogP contribution in [0.1, 0.15) is 87.2 Å². The number of benzene rings is 2. The molecule has 0 unspecified atom stereocenters. The Morgan fingerprint density at radius 1 is 0.404 bits per heavy atom. The Hall–Kier alpha value is -2.02. The molecular weight excluding hydrogens is 750 g/mol. The first kappa shape index (κ1) is 52.1. The maximum absolute atomic E-state index is 14.7. The Labute approximate surface area is 337 Å². The number of ketones is 2. The molecule has 1 aliphatic carbocycles. The first-order chi connectivity index (χ1) is 23.3. The quantitative estimate of drug-likeness (QED) is 0.0941. The zero-order chi connectivity index (χ0) is 35.1. The van der Waals surface area contributed by atoms with Crippen LogP contribution < -0.4 is 18.9 Å². The van der Waals surface area contributed by atoms with Crippen molar-refractivity contribution < 1.29 is 28.5 Å². The van der Waals surface area contributed by atoms with E-state index in [-0.39, 0.29) is 83.4 Å². The van der Waals surface area contributed by atoms with Crippen LogP contribution in [0.2, 0.25) is 0 Å². The van der Waals surface area contributed by atoms with Gasteiger partial charge in [0, 0.05) is 31.7 Å². The maximum atomic E-state index is 14.7. The minimum Gasteiger partial charge on any atom is -0.491 e. The summed E-state index contributed by atoms with van der Waals surface area (Å²) in [5.41, 5.74) is 0.981. The number of carbonyl (C=O) groups excluding carboxylic acids is 2. The van der Waals surface area contributed by atoms with Gasteiger partial charge in [0.2, 0.25) is 5.78 Å². The predicted molar refractivity (Wildman–Crippen MR) is 222 cm³/mol. The Bertz CT molecular complexity index is 1320. The van der Waals surface area contributed by atoms with Gasteiger partial charge in [-0.3, -0.25) is 9.59 Å². The minimum atomic E-state index is -0.321. The summed E-state index contributed by atoms with van der Waals surface area (Å²) >= 11 is 0. The highest BCUT2D eigenvalue weighted by Gasteiger charge is 2.39. The van der Waals surface area contributed by atoms with Crippen molar-refractivity contribution in [2.45, 2.75) is 55.4 Å². The third-order valence-electron chi connectivity index (χ3n) is 9.40. The topological polar surface area (TPSA) is 84.0 Å². The molecule has 52 heavy (non-hydrogen) atoms. The molecule has 14 heteroatoms. The zero-order valence-electron chi connectivity index (χ0n) is 32.5. The summed E-state index contributed by atoms with van der Waals surface area (Å²) in [5.74, 6) is 0.930. The second-order valence-electron chi connectivity index (χ2n) is 11.8. The van der Waals surface area contributed by atoms with Crippen LogP contribution in [-0.2, 0) is 0 Å². The number of hydrogen-bond acceptors (Lipinski definition) is 10. The predicted octanol–water partition coefficient (Wildman–Crippen LogP) is 7.03. The second kappa shape index (κ2) is 27.5. The molecule has 10 nitrogen and oxygen atoms in total. The van der Waals surface area contributed by atoms with Crippen LogP contribution in [-0.4, -0.2) is 136 Å².